The Labute approximate surface area is 97.7 Å². The van der Waals surface area contributed by atoms with Crippen molar-refractivity contribution in [1.82, 2.24) is 4.98 Å². The van der Waals surface area contributed by atoms with Crippen LogP contribution in [-0.2, 0) is 0 Å². The third-order valence-corrected chi connectivity index (χ3v) is 3.45. The van der Waals surface area contributed by atoms with E-state index in [1.54, 1.807) is 0 Å². The van der Waals surface area contributed by atoms with Crippen LogP contribution < -0.4 is 10.6 Å². The summed E-state index contributed by atoms with van der Waals surface area (Å²) in [6, 6.07) is 4.64. The van der Waals surface area contributed by atoms with Crippen molar-refractivity contribution in [1.29, 1.82) is 0 Å². The zero-order valence-corrected chi connectivity index (χ0v) is 10.2. The minimum atomic E-state index is 0.457. The summed E-state index contributed by atoms with van der Waals surface area (Å²) in [5, 5.41) is 0. The summed E-state index contributed by atoms with van der Waals surface area (Å²) in [6.45, 7) is 6.22. The Morgan fingerprint density at radius 1 is 1.56 bits per heavy atom. The number of anilines is 1. The van der Waals surface area contributed by atoms with Crippen LogP contribution in [0.4, 0.5) is 5.82 Å². The second-order valence-corrected chi connectivity index (χ2v) is 4.90. The molecule has 1 fully saturated rings. The summed E-state index contributed by atoms with van der Waals surface area (Å²) in [5.74, 6) is 1.87. The first-order chi connectivity index (χ1) is 7.70. The fourth-order valence-corrected chi connectivity index (χ4v) is 2.45. The Hall–Kier alpha value is -1.09. The number of pyridine rings is 1. The molecule has 0 amide bonds. The van der Waals surface area contributed by atoms with E-state index in [1.165, 1.54) is 18.4 Å². The molecule has 2 N–H and O–H groups in total. The maximum absolute atomic E-state index is 5.86. The molecule has 3 heteroatoms. The van der Waals surface area contributed by atoms with Crippen LogP contribution in [0.2, 0.25) is 0 Å². The molecule has 1 aromatic heterocycles. The molecule has 0 aromatic carbocycles. The second kappa shape index (κ2) is 4.83. The summed E-state index contributed by atoms with van der Waals surface area (Å²) in [4.78, 5) is 6.82. The van der Waals surface area contributed by atoms with Gasteiger partial charge in [0.2, 0.25) is 0 Å². The summed E-state index contributed by atoms with van der Waals surface area (Å²) in [5.41, 5.74) is 7.13. The predicted molar refractivity (Wildman–Crippen MR) is 67.6 cm³/mol. The molecule has 3 nitrogen and oxygen atoms in total. The molecule has 0 aliphatic carbocycles. The van der Waals surface area contributed by atoms with Crippen LogP contribution in [0.3, 0.4) is 0 Å². The number of rotatable bonds is 2. The van der Waals surface area contributed by atoms with Gasteiger partial charge < -0.3 is 10.6 Å². The molecule has 1 aromatic rings. The lowest BCUT2D eigenvalue weighted by Gasteiger charge is -2.38. The van der Waals surface area contributed by atoms with Crippen LogP contribution in [0.25, 0.3) is 0 Å². The number of piperidine rings is 1. The summed E-state index contributed by atoms with van der Waals surface area (Å²) >= 11 is 0. The average molecular weight is 219 g/mol. The van der Waals surface area contributed by atoms with E-state index in [2.05, 4.69) is 29.8 Å². The third kappa shape index (κ3) is 2.35. The van der Waals surface area contributed by atoms with Crippen LogP contribution in [0.5, 0.6) is 0 Å². The Morgan fingerprint density at radius 3 is 3.06 bits per heavy atom. The molecule has 0 spiro atoms. The standard InChI is InChI=1S/C13H21N3/c1-10-3-5-15-13(8-10)16-6-4-11(2)7-12(16)9-14/h3,5,8,11-12H,4,6-7,9,14H2,1-2H3. The summed E-state index contributed by atoms with van der Waals surface area (Å²) in [6.07, 6.45) is 4.31. The van der Waals surface area contributed by atoms with Gasteiger partial charge in [0.15, 0.2) is 0 Å². The number of aromatic nitrogens is 1. The predicted octanol–water partition coefficient (Wildman–Crippen LogP) is 1.95. The van der Waals surface area contributed by atoms with Crippen molar-refractivity contribution in [3.05, 3.63) is 23.9 Å². The van der Waals surface area contributed by atoms with E-state index in [0.29, 0.717) is 6.04 Å². The van der Waals surface area contributed by atoms with Crippen molar-refractivity contribution in [3.8, 4) is 0 Å². The van der Waals surface area contributed by atoms with E-state index in [1.807, 2.05) is 12.3 Å². The lowest BCUT2D eigenvalue weighted by atomic mass is 9.92. The van der Waals surface area contributed by atoms with Gasteiger partial charge in [-0.15, -0.1) is 0 Å². The van der Waals surface area contributed by atoms with Crippen molar-refractivity contribution in [3.63, 3.8) is 0 Å². The number of hydrogen-bond acceptors (Lipinski definition) is 3. The number of hydrogen-bond donors (Lipinski definition) is 1. The van der Waals surface area contributed by atoms with Gasteiger partial charge in [-0.1, -0.05) is 6.92 Å². The maximum atomic E-state index is 5.86. The molecule has 88 valence electrons. The summed E-state index contributed by atoms with van der Waals surface area (Å²) < 4.78 is 0. The first-order valence-electron chi connectivity index (χ1n) is 6.10. The van der Waals surface area contributed by atoms with Gasteiger partial charge in [-0.2, -0.15) is 0 Å². The minimum absolute atomic E-state index is 0.457. The molecule has 0 radical (unpaired) electrons. The molecular weight excluding hydrogens is 198 g/mol. The van der Waals surface area contributed by atoms with Gasteiger partial charge in [-0.25, -0.2) is 4.98 Å². The molecule has 1 aliphatic rings. The molecule has 2 rings (SSSR count). The molecule has 1 saturated heterocycles. The van der Waals surface area contributed by atoms with Gasteiger partial charge >= 0.3 is 0 Å². The molecule has 2 unspecified atom stereocenters. The van der Waals surface area contributed by atoms with Crippen LogP contribution in [-0.4, -0.2) is 24.1 Å². The van der Waals surface area contributed by atoms with Gasteiger partial charge in [0, 0.05) is 25.3 Å². The molecule has 1 aliphatic heterocycles. The molecule has 2 heterocycles. The van der Waals surface area contributed by atoms with E-state index in [0.717, 1.165) is 24.8 Å². The highest BCUT2D eigenvalue weighted by Gasteiger charge is 2.25. The van der Waals surface area contributed by atoms with Crippen molar-refractivity contribution in [2.45, 2.75) is 32.7 Å². The van der Waals surface area contributed by atoms with Crippen molar-refractivity contribution in [2.75, 3.05) is 18.0 Å². The fraction of sp³-hybridized carbons (Fsp3) is 0.615. The van der Waals surface area contributed by atoms with Crippen LogP contribution >= 0.6 is 0 Å². The zero-order valence-electron chi connectivity index (χ0n) is 10.2. The fourth-order valence-electron chi connectivity index (χ4n) is 2.45. The zero-order chi connectivity index (χ0) is 11.5. The lowest BCUT2D eigenvalue weighted by molar-refractivity contribution is 0.365. The first-order valence-corrected chi connectivity index (χ1v) is 6.10. The minimum Gasteiger partial charge on any atom is -0.352 e. The first kappa shape index (κ1) is 11.4. The van der Waals surface area contributed by atoms with E-state index in [4.69, 9.17) is 5.73 Å². The highest BCUT2D eigenvalue weighted by molar-refractivity contribution is 5.42. The van der Waals surface area contributed by atoms with Crippen LogP contribution in [0, 0.1) is 12.8 Å². The van der Waals surface area contributed by atoms with Crippen molar-refractivity contribution < 1.29 is 0 Å². The Bertz CT molecular complexity index is 351. The van der Waals surface area contributed by atoms with Gasteiger partial charge in [-0.05, 0) is 43.4 Å². The van der Waals surface area contributed by atoms with E-state index < -0.39 is 0 Å². The average Bonchev–Trinajstić information content (AvgIpc) is 2.28. The Kier molecular flexibility index (Phi) is 3.44. The highest BCUT2D eigenvalue weighted by atomic mass is 15.2. The molecule has 0 bridgehead atoms. The Balaban J connectivity index is 2.19. The Morgan fingerprint density at radius 2 is 2.38 bits per heavy atom. The van der Waals surface area contributed by atoms with Gasteiger partial charge in [0.25, 0.3) is 0 Å². The molecule has 2 atom stereocenters. The monoisotopic (exact) mass is 219 g/mol. The summed E-state index contributed by atoms with van der Waals surface area (Å²) in [7, 11) is 0. The van der Waals surface area contributed by atoms with E-state index in [-0.39, 0.29) is 0 Å². The molecule has 16 heavy (non-hydrogen) atoms. The number of nitrogens with two attached hydrogens (primary N) is 1. The van der Waals surface area contributed by atoms with Crippen LogP contribution in [0.15, 0.2) is 18.3 Å². The van der Waals surface area contributed by atoms with E-state index in [9.17, 15) is 0 Å². The topological polar surface area (TPSA) is 42.2 Å². The lowest BCUT2D eigenvalue weighted by Crippen LogP contribution is -2.46. The second-order valence-electron chi connectivity index (χ2n) is 4.90. The highest BCUT2D eigenvalue weighted by Crippen LogP contribution is 2.26. The number of nitrogens with zero attached hydrogens (tertiary/aromatic N) is 2. The van der Waals surface area contributed by atoms with Crippen molar-refractivity contribution >= 4 is 5.82 Å². The smallest absolute Gasteiger partial charge is 0.129 e. The van der Waals surface area contributed by atoms with Gasteiger partial charge in [0.1, 0.15) is 5.82 Å². The normalized spacial score (nSPS) is 25.8. The largest absolute Gasteiger partial charge is 0.352 e. The quantitative estimate of drug-likeness (QED) is 0.826. The van der Waals surface area contributed by atoms with Crippen molar-refractivity contribution in [2.24, 2.45) is 11.7 Å². The maximum Gasteiger partial charge on any atom is 0.129 e. The van der Waals surface area contributed by atoms with Crippen LogP contribution in [0.1, 0.15) is 25.3 Å². The van der Waals surface area contributed by atoms with Gasteiger partial charge in [-0.3, -0.25) is 0 Å². The molecule has 0 saturated carbocycles. The third-order valence-electron chi connectivity index (χ3n) is 3.45. The van der Waals surface area contributed by atoms with E-state index >= 15 is 0 Å². The molecular formula is C13H21N3. The number of aryl methyl sites for hydroxylation is 1. The SMILES string of the molecule is Cc1ccnc(N2CCC(C)CC2CN)c1. The van der Waals surface area contributed by atoms with Gasteiger partial charge in [0.05, 0.1) is 0 Å².